The van der Waals surface area contributed by atoms with E-state index < -0.39 is 27.8 Å². The molecule has 0 bridgehead atoms. The van der Waals surface area contributed by atoms with Crippen molar-refractivity contribution in [3.63, 3.8) is 0 Å². The summed E-state index contributed by atoms with van der Waals surface area (Å²) in [5.41, 5.74) is 3.22. The van der Waals surface area contributed by atoms with Gasteiger partial charge in [-0.1, -0.05) is 12.1 Å². The van der Waals surface area contributed by atoms with Gasteiger partial charge in [-0.05, 0) is 24.6 Å². The number of carboxylic acid groups (broad SMARTS) is 1. The molecular formula is C31H33F2N7O5S. The minimum absolute atomic E-state index is 0.0926. The van der Waals surface area contributed by atoms with Crippen molar-refractivity contribution in [3.8, 4) is 11.1 Å². The summed E-state index contributed by atoms with van der Waals surface area (Å²) in [6.07, 6.45) is 1.73. The molecule has 2 aliphatic heterocycles. The number of carbonyl (C=O) groups is 1. The number of morpholine rings is 1. The number of sulfonamides is 1. The molecule has 15 heteroatoms. The number of nitrogens with zero attached hydrogens (tertiary/aromatic N) is 5. The number of halogens is 2. The van der Waals surface area contributed by atoms with Crippen molar-refractivity contribution in [3.05, 3.63) is 65.9 Å². The van der Waals surface area contributed by atoms with Crippen LogP contribution in [0.5, 0.6) is 0 Å². The van der Waals surface area contributed by atoms with Gasteiger partial charge < -0.3 is 29.9 Å². The van der Waals surface area contributed by atoms with E-state index in [1.807, 2.05) is 17.0 Å². The normalized spacial score (nSPS) is 15.7. The van der Waals surface area contributed by atoms with E-state index in [-0.39, 0.29) is 24.0 Å². The number of amides is 1. The molecule has 0 radical (unpaired) electrons. The first-order valence-electron chi connectivity index (χ1n) is 14.7. The summed E-state index contributed by atoms with van der Waals surface area (Å²) in [4.78, 5) is 26.2. The minimum Gasteiger partial charge on any atom is -0.465 e. The Morgan fingerprint density at radius 3 is 2.43 bits per heavy atom. The maximum Gasteiger partial charge on any atom is 0.407 e. The molecule has 2 aromatic heterocycles. The van der Waals surface area contributed by atoms with Gasteiger partial charge in [-0.15, -0.1) is 0 Å². The van der Waals surface area contributed by atoms with E-state index in [4.69, 9.17) is 9.72 Å². The van der Waals surface area contributed by atoms with Crippen LogP contribution in [-0.2, 0) is 14.8 Å². The molecule has 46 heavy (non-hydrogen) atoms. The third kappa shape index (κ3) is 6.60. The van der Waals surface area contributed by atoms with Gasteiger partial charge in [-0.25, -0.2) is 32.0 Å². The van der Waals surface area contributed by atoms with Crippen molar-refractivity contribution in [2.75, 3.05) is 78.6 Å². The van der Waals surface area contributed by atoms with Gasteiger partial charge in [0.2, 0.25) is 10.0 Å². The van der Waals surface area contributed by atoms with Gasteiger partial charge in [-0.3, -0.25) is 4.72 Å². The second-order valence-corrected chi connectivity index (χ2v) is 13.0. The number of hydrogen-bond donors (Lipinski definition) is 3. The average Bonchev–Trinajstić information content (AvgIpc) is 3.02. The number of piperazine rings is 1. The van der Waals surface area contributed by atoms with Gasteiger partial charge >= 0.3 is 6.09 Å². The van der Waals surface area contributed by atoms with Crippen LogP contribution in [0.1, 0.15) is 5.56 Å². The molecule has 4 heterocycles. The van der Waals surface area contributed by atoms with Crippen molar-refractivity contribution in [2.24, 2.45) is 0 Å². The van der Waals surface area contributed by atoms with E-state index in [9.17, 15) is 22.7 Å². The molecule has 0 unspecified atom stereocenters. The number of nitrogens with one attached hydrogen (secondary N) is 2. The summed E-state index contributed by atoms with van der Waals surface area (Å²) in [6.45, 7) is 5.32. The number of hydrogen-bond acceptors (Lipinski definition) is 9. The van der Waals surface area contributed by atoms with Gasteiger partial charge in [0.1, 0.15) is 23.3 Å². The Balaban J connectivity index is 1.49. The van der Waals surface area contributed by atoms with Crippen LogP contribution in [0, 0.1) is 18.6 Å². The van der Waals surface area contributed by atoms with Crippen molar-refractivity contribution in [2.45, 2.75) is 6.92 Å². The van der Waals surface area contributed by atoms with E-state index in [2.05, 4.69) is 19.9 Å². The lowest BCUT2D eigenvalue weighted by Crippen LogP contribution is -2.48. The summed E-state index contributed by atoms with van der Waals surface area (Å²) in [5.74, 6) is -0.428. The highest BCUT2D eigenvalue weighted by atomic mass is 32.2. The van der Waals surface area contributed by atoms with Crippen LogP contribution in [0.2, 0.25) is 0 Å². The molecule has 0 aliphatic carbocycles. The maximum absolute atomic E-state index is 15.6. The summed E-state index contributed by atoms with van der Waals surface area (Å²) in [6, 6.07) is 10.7. The molecule has 2 aromatic carbocycles. The van der Waals surface area contributed by atoms with Crippen molar-refractivity contribution < 1.29 is 31.8 Å². The molecule has 3 N–H and O–H groups in total. The van der Waals surface area contributed by atoms with Gasteiger partial charge in [-0.2, -0.15) is 0 Å². The van der Waals surface area contributed by atoms with Gasteiger partial charge in [0.05, 0.1) is 41.7 Å². The zero-order chi connectivity index (χ0) is 32.6. The lowest BCUT2D eigenvalue weighted by Gasteiger charge is -2.35. The predicted molar refractivity (Wildman–Crippen MR) is 173 cm³/mol. The lowest BCUT2D eigenvalue weighted by molar-refractivity contribution is 0.122. The highest BCUT2D eigenvalue weighted by molar-refractivity contribution is 7.92. The van der Waals surface area contributed by atoms with E-state index >= 15 is 4.39 Å². The number of pyridine rings is 2. The third-order valence-electron chi connectivity index (χ3n) is 8.03. The molecule has 242 valence electrons. The standard InChI is InChI=1S/C31H33F2N7O5S/c1-19-29(28-24(33)15-21(32)16-26(28)36-30(19)39-6-8-40(9-7-39)31(41)42)35-25-17-27(38-10-12-45-13-11-38)34-18-23(25)20-4-3-5-22(14-20)37-46(2,43)44/h3-5,14-18,37H,6-13H2,1-2H3,(H,41,42)(H,34,35,36). The summed E-state index contributed by atoms with van der Waals surface area (Å²) >= 11 is 0. The van der Waals surface area contributed by atoms with E-state index in [0.717, 1.165) is 12.3 Å². The first-order valence-corrected chi connectivity index (χ1v) is 16.6. The van der Waals surface area contributed by atoms with Crippen LogP contribution < -0.4 is 19.8 Å². The maximum atomic E-state index is 15.6. The highest BCUT2D eigenvalue weighted by Crippen LogP contribution is 2.40. The molecule has 1 amide bonds. The number of anilines is 5. The first kappa shape index (κ1) is 31.2. The molecule has 0 spiro atoms. The molecule has 2 fully saturated rings. The monoisotopic (exact) mass is 653 g/mol. The van der Waals surface area contributed by atoms with Crippen molar-refractivity contribution >= 4 is 55.7 Å². The second-order valence-electron chi connectivity index (χ2n) is 11.2. The van der Waals surface area contributed by atoms with Crippen molar-refractivity contribution in [1.82, 2.24) is 14.9 Å². The number of rotatable bonds is 7. The first-order chi connectivity index (χ1) is 22.0. The summed E-state index contributed by atoms with van der Waals surface area (Å²) in [5, 5.41) is 12.9. The Morgan fingerprint density at radius 1 is 1.00 bits per heavy atom. The molecule has 0 atom stereocenters. The zero-order valence-electron chi connectivity index (χ0n) is 25.3. The average molecular weight is 654 g/mol. The third-order valence-corrected chi connectivity index (χ3v) is 8.64. The van der Waals surface area contributed by atoms with E-state index in [0.29, 0.717) is 84.8 Å². The predicted octanol–water partition coefficient (Wildman–Crippen LogP) is 4.64. The summed E-state index contributed by atoms with van der Waals surface area (Å²) < 4.78 is 62.0. The molecule has 4 aromatic rings. The molecule has 0 saturated carbocycles. The van der Waals surface area contributed by atoms with Gasteiger partial charge in [0.15, 0.2) is 0 Å². The Morgan fingerprint density at radius 2 is 1.74 bits per heavy atom. The second kappa shape index (κ2) is 12.6. The summed E-state index contributed by atoms with van der Waals surface area (Å²) in [7, 11) is -3.54. The largest absolute Gasteiger partial charge is 0.465 e. The number of fused-ring (bicyclic) bond motifs is 1. The number of aromatic nitrogens is 2. The van der Waals surface area contributed by atoms with Crippen LogP contribution in [0.15, 0.2) is 48.7 Å². The van der Waals surface area contributed by atoms with E-state index in [1.165, 1.54) is 11.0 Å². The fourth-order valence-electron chi connectivity index (χ4n) is 5.81. The number of ether oxygens (including phenoxy) is 1. The quantitative estimate of drug-likeness (QED) is 0.259. The van der Waals surface area contributed by atoms with E-state index in [1.54, 1.807) is 31.3 Å². The smallest absolute Gasteiger partial charge is 0.407 e. The fraction of sp³-hybridized carbons (Fsp3) is 0.323. The Bertz CT molecular complexity index is 1910. The van der Waals surface area contributed by atoms with Gasteiger partial charge in [0.25, 0.3) is 0 Å². The molecular weight excluding hydrogens is 620 g/mol. The van der Waals surface area contributed by atoms with Crippen LogP contribution >= 0.6 is 0 Å². The van der Waals surface area contributed by atoms with Crippen LogP contribution in [-0.4, -0.2) is 93.2 Å². The Hall–Kier alpha value is -4.76. The Kier molecular flexibility index (Phi) is 8.53. The van der Waals surface area contributed by atoms with Crippen LogP contribution in [0.25, 0.3) is 22.0 Å². The molecule has 2 saturated heterocycles. The molecule has 2 aliphatic rings. The SMILES string of the molecule is Cc1c(N2CCN(C(=O)O)CC2)nc2cc(F)cc(F)c2c1Nc1cc(N2CCOCC2)ncc1-c1cccc(NS(C)(=O)=O)c1. The Labute approximate surface area is 264 Å². The minimum atomic E-state index is -3.54. The highest BCUT2D eigenvalue weighted by Gasteiger charge is 2.26. The van der Waals surface area contributed by atoms with Crippen LogP contribution in [0.3, 0.4) is 0 Å². The fourth-order valence-corrected chi connectivity index (χ4v) is 6.36. The van der Waals surface area contributed by atoms with Crippen molar-refractivity contribution in [1.29, 1.82) is 0 Å². The number of benzene rings is 2. The zero-order valence-corrected chi connectivity index (χ0v) is 26.1. The molecule has 6 rings (SSSR count). The lowest BCUT2D eigenvalue weighted by atomic mass is 10.0. The van der Waals surface area contributed by atoms with Crippen LogP contribution in [0.4, 0.5) is 42.3 Å². The van der Waals surface area contributed by atoms with Gasteiger partial charge in [0, 0.05) is 80.5 Å². The molecule has 12 nitrogen and oxygen atoms in total. The topological polar surface area (TPSA) is 140 Å².